The highest BCUT2D eigenvalue weighted by Gasteiger charge is 2.28. The summed E-state index contributed by atoms with van der Waals surface area (Å²) in [6, 6.07) is 9.23. The van der Waals surface area contributed by atoms with Crippen LogP contribution in [0, 0.1) is 28.6 Å². The van der Waals surface area contributed by atoms with Crippen LogP contribution in [0.5, 0.6) is 0 Å². The first-order valence-electron chi connectivity index (χ1n) is 6.39. The molecule has 0 radical (unpaired) electrons. The van der Waals surface area contributed by atoms with E-state index in [-0.39, 0.29) is 5.92 Å². The first kappa shape index (κ1) is 13.1. The van der Waals surface area contributed by atoms with Crippen LogP contribution in [0.4, 0.5) is 0 Å². The third kappa shape index (κ3) is 3.10. The summed E-state index contributed by atoms with van der Waals surface area (Å²) >= 11 is 1.80. The van der Waals surface area contributed by atoms with Crippen LogP contribution in [0.3, 0.4) is 0 Å². The van der Waals surface area contributed by atoms with Gasteiger partial charge in [0.1, 0.15) is 0 Å². The predicted molar refractivity (Wildman–Crippen MR) is 71.8 cm³/mol. The van der Waals surface area contributed by atoms with Gasteiger partial charge in [-0.25, -0.2) is 0 Å². The van der Waals surface area contributed by atoms with E-state index in [1.54, 1.807) is 11.3 Å². The van der Waals surface area contributed by atoms with Crippen LogP contribution in [0.15, 0.2) is 17.5 Å². The van der Waals surface area contributed by atoms with Gasteiger partial charge >= 0.3 is 0 Å². The molecule has 0 saturated carbocycles. The summed E-state index contributed by atoms with van der Waals surface area (Å²) in [5.41, 5.74) is 0. The van der Waals surface area contributed by atoms with Crippen molar-refractivity contribution in [3.63, 3.8) is 0 Å². The smallest absolute Gasteiger partial charge is 0.0669 e. The maximum Gasteiger partial charge on any atom is 0.0669 e. The molecule has 1 aromatic heterocycles. The van der Waals surface area contributed by atoms with Crippen LogP contribution in [0.25, 0.3) is 0 Å². The van der Waals surface area contributed by atoms with E-state index in [1.165, 1.54) is 17.7 Å². The van der Waals surface area contributed by atoms with E-state index in [0.717, 1.165) is 13.1 Å². The normalized spacial score (nSPS) is 21.3. The molecule has 1 aromatic rings. The minimum absolute atomic E-state index is 0.00906. The molecule has 1 aliphatic heterocycles. The lowest BCUT2D eigenvalue weighted by Gasteiger charge is -2.25. The summed E-state index contributed by atoms with van der Waals surface area (Å²) < 4.78 is 0. The molecular formula is C14H17N3S. The molecule has 18 heavy (non-hydrogen) atoms. The Hall–Kier alpha value is -1.36. The highest BCUT2D eigenvalue weighted by Crippen LogP contribution is 2.35. The standard InChI is InChI=1S/C14H17N3S/c15-7-1-4-12(10-16)11-17-8-2-5-13(17)14-6-3-9-18-14/h3,6,9,12-13H,1-2,4-5,8,11H2/t12-,13+/m0/s1. The topological polar surface area (TPSA) is 50.8 Å². The summed E-state index contributed by atoms with van der Waals surface area (Å²) in [4.78, 5) is 3.82. The van der Waals surface area contributed by atoms with Gasteiger partial charge in [0.25, 0.3) is 0 Å². The van der Waals surface area contributed by atoms with Crippen LogP contribution < -0.4 is 0 Å². The average molecular weight is 259 g/mol. The van der Waals surface area contributed by atoms with Crippen LogP contribution in [0.1, 0.15) is 36.6 Å². The molecular weight excluding hydrogens is 242 g/mol. The highest BCUT2D eigenvalue weighted by atomic mass is 32.1. The van der Waals surface area contributed by atoms with E-state index in [0.29, 0.717) is 18.9 Å². The third-order valence-electron chi connectivity index (χ3n) is 3.48. The molecule has 94 valence electrons. The minimum Gasteiger partial charge on any atom is -0.294 e. The van der Waals surface area contributed by atoms with E-state index < -0.39 is 0 Å². The quantitative estimate of drug-likeness (QED) is 0.815. The number of hydrogen-bond donors (Lipinski definition) is 0. The van der Waals surface area contributed by atoms with Crippen LogP contribution >= 0.6 is 11.3 Å². The number of likely N-dealkylation sites (tertiary alicyclic amines) is 1. The van der Waals surface area contributed by atoms with Crippen molar-refractivity contribution < 1.29 is 0 Å². The van der Waals surface area contributed by atoms with Crippen molar-refractivity contribution in [1.82, 2.24) is 4.90 Å². The third-order valence-corrected chi connectivity index (χ3v) is 4.45. The van der Waals surface area contributed by atoms with E-state index >= 15 is 0 Å². The molecule has 0 spiro atoms. The van der Waals surface area contributed by atoms with Gasteiger partial charge in [0.05, 0.1) is 18.1 Å². The van der Waals surface area contributed by atoms with Gasteiger partial charge in [0.15, 0.2) is 0 Å². The van der Waals surface area contributed by atoms with Crippen molar-refractivity contribution in [2.75, 3.05) is 13.1 Å². The molecule has 1 aliphatic rings. The molecule has 0 bridgehead atoms. The van der Waals surface area contributed by atoms with Gasteiger partial charge in [-0.2, -0.15) is 10.5 Å². The lowest BCUT2D eigenvalue weighted by molar-refractivity contribution is 0.233. The van der Waals surface area contributed by atoms with E-state index in [9.17, 15) is 0 Å². The second kappa shape index (κ2) is 6.54. The molecule has 1 saturated heterocycles. The Morgan fingerprint density at radius 3 is 3.06 bits per heavy atom. The summed E-state index contributed by atoms with van der Waals surface area (Å²) in [5, 5.41) is 19.9. The Morgan fingerprint density at radius 1 is 1.50 bits per heavy atom. The number of nitriles is 2. The van der Waals surface area contributed by atoms with Gasteiger partial charge < -0.3 is 0 Å². The van der Waals surface area contributed by atoms with Gasteiger partial charge in [0, 0.05) is 23.9 Å². The molecule has 0 aliphatic carbocycles. The molecule has 3 nitrogen and oxygen atoms in total. The maximum atomic E-state index is 9.15. The Kier molecular flexibility index (Phi) is 4.75. The van der Waals surface area contributed by atoms with E-state index in [4.69, 9.17) is 10.5 Å². The lowest BCUT2D eigenvalue weighted by atomic mass is 10.0. The number of thiophene rings is 1. The van der Waals surface area contributed by atoms with Crippen molar-refractivity contribution in [1.29, 1.82) is 10.5 Å². The van der Waals surface area contributed by atoms with Crippen molar-refractivity contribution >= 4 is 11.3 Å². The second-order valence-corrected chi connectivity index (χ2v) is 5.67. The summed E-state index contributed by atoms with van der Waals surface area (Å²) in [6.45, 7) is 1.88. The first-order chi connectivity index (χ1) is 8.85. The predicted octanol–water partition coefficient (Wildman–Crippen LogP) is 3.33. The zero-order valence-corrected chi connectivity index (χ0v) is 11.2. The summed E-state index contributed by atoms with van der Waals surface area (Å²) in [5.74, 6) is -0.00906. The number of rotatable bonds is 5. The van der Waals surface area contributed by atoms with Gasteiger partial charge in [0.2, 0.25) is 0 Å². The van der Waals surface area contributed by atoms with Crippen molar-refractivity contribution in [3.05, 3.63) is 22.4 Å². The Balaban J connectivity index is 1.96. The highest BCUT2D eigenvalue weighted by molar-refractivity contribution is 7.10. The van der Waals surface area contributed by atoms with Gasteiger partial charge in [-0.05, 0) is 37.3 Å². The fourth-order valence-electron chi connectivity index (χ4n) is 2.57. The average Bonchev–Trinajstić information content (AvgIpc) is 3.04. The zero-order chi connectivity index (χ0) is 12.8. The molecule has 0 amide bonds. The molecule has 2 rings (SSSR count). The molecule has 4 heteroatoms. The van der Waals surface area contributed by atoms with Crippen molar-refractivity contribution in [3.8, 4) is 12.1 Å². The zero-order valence-electron chi connectivity index (χ0n) is 10.4. The van der Waals surface area contributed by atoms with Crippen LogP contribution in [-0.2, 0) is 0 Å². The monoisotopic (exact) mass is 259 g/mol. The Bertz CT molecular complexity index is 441. The van der Waals surface area contributed by atoms with Gasteiger partial charge in [-0.3, -0.25) is 4.90 Å². The molecule has 1 fully saturated rings. The number of hydrogen-bond acceptors (Lipinski definition) is 4. The van der Waals surface area contributed by atoms with Crippen molar-refractivity contribution in [2.24, 2.45) is 5.92 Å². The van der Waals surface area contributed by atoms with Gasteiger partial charge in [-0.1, -0.05) is 6.07 Å². The fraction of sp³-hybridized carbons (Fsp3) is 0.571. The summed E-state index contributed by atoms with van der Waals surface area (Å²) in [6.07, 6.45) is 3.58. The van der Waals surface area contributed by atoms with Crippen LogP contribution in [-0.4, -0.2) is 18.0 Å². The molecule has 0 unspecified atom stereocenters. The molecule has 2 heterocycles. The number of nitrogens with zero attached hydrogens (tertiary/aromatic N) is 3. The van der Waals surface area contributed by atoms with Crippen molar-refractivity contribution in [2.45, 2.75) is 31.7 Å². The SMILES string of the molecule is N#CCC[C@@H](C#N)CN1CCC[C@@H]1c1cccs1. The first-order valence-corrected chi connectivity index (χ1v) is 7.27. The molecule has 0 aromatic carbocycles. The minimum atomic E-state index is -0.00906. The van der Waals surface area contributed by atoms with E-state index in [1.807, 2.05) is 0 Å². The summed E-state index contributed by atoms with van der Waals surface area (Å²) in [7, 11) is 0. The lowest BCUT2D eigenvalue weighted by Crippen LogP contribution is -2.28. The largest absolute Gasteiger partial charge is 0.294 e. The van der Waals surface area contributed by atoms with Crippen LogP contribution in [0.2, 0.25) is 0 Å². The fourth-order valence-corrected chi connectivity index (χ4v) is 3.46. The molecule has 0 N–H and O–H groups in total. The maximum absolute atomic E-state index is 9.15. The molecule has 2 atom stereocenters. The van der Waals surface area contributed by atoms with Gasteiger partial charge in [-0.15, -0.1) is 11.3 Å². The van der Waals surface area contributed by atoms with E-state index in [2.05, 4.69) is 34.6 Å². The Labute approximate surface area is 112 Å². The second-order valence-electron chi connectivity index (χ2n) is 4.69. The Morgan fingerprint density at radius 2 is 2.39 bits per heavy atom.